The molecule has 1 nitrogen and oxygen atoms in total. The maximum Gasteiger partial charge on any atom is 2.00 e. The molecule has 2 aromatic rings. The molecule has 0 aliphatic rings. The van der Waals surface area contributed by atoms with Gasteiger partial charge in [-0.2, -0.15) is 0 Å². The second kappa shape index (κ2) is 5.00. The molecule has 0 aromatic heterocycles. The smallest absolute Gasteiger partial charge is 1.00 e. The number of methoxy groups -OCH3 is 1. The molecule has 0 N–H and O–H groups in total. The molecule has 0 saturated heterocycles. The number of hydrogen-bond donors (Lipinski definition) is 0. The SMILES string of the molecule is COc1ccc2cc(Br)ccc2c1.[H-].[H-].[Mg+2]. The van der Waals surface area contributed by atoms with Crippen molar-refractivity contribution in [2.24, 2.45) is 0 Å². The Labute approximate surface area is 111 Å². The largest absolute Gasteiger partial charge is 2.00 e. The third kappa shape index (κ3) is 2.41. The van der Waals surface area contributed by atoms with E-state index >= 15 is 0 Å². The van der Waals surface area contributed by atoms with Crippen molar-refractivity contribution in [2.75, 3.05) is 7.11 Å². The summed E-state index contributed by atoms with van der Waals surface area (Å²) in [6, 6.07) is 12.2. The summed E-state index contributed by atoms with van der Waals surface area (Å²) in [5.74, 6) is 0.898. The van der Waals surface area contributed by atoms with Crippen LogP contribution in [0.15, 0.2) is 40.9 Å². The van der Waals surface area contributed by atoms with Gasteiger partial charge in [0.15, 0.2) is 0 Å². The maximum atomic E-state index is 5.14. The number of halogens is 1. The van der Waals surface area contributed by atoms with E-state index in [0.29, 0.717) is 0 Å². The summed E-state index contributed by atoms with van der Waals surface area (Å²) in [7, 11) is 1.68. The van der Waals surface area contributed by atoms with Crippen molar-refractivity contribution in [1.82, 2.24) is 0 Å². The molecule has 2 aromatic carbocycles. The molecule has 0 amide bonds. The van der Waals surface area contributed by atoms with E-state index in [9.17, 15) is 0 Å². The monoisotopic (exact) mass is 262 g/mol. The van der Waals surface area contributed by atoms with Gasteiger partial charge in [0.1, 0.15) is 5.75 Å². The predicted molar refractivity (Wildman–Crippen MR) is 66.2 cm³/mol. The van der Waals surface area contributed by atoms with Gasteiger partial charge in [0, 0.05) is 4.47 Å². The first kappa shape index (κ1) is 11.8. The number of fused-ring (bicyclic) bond motifs is 1. The van der Waals surface area contributed by atoms with E-state index in [1.807, 2.05) is 18.2 Å². The molecule has 0 aliphatic carbocycles. The van der Waals surface area contributed by atoms with E-state index < -0.39 is 0 Å². The summed E-state index contributed by atoms with van der Waals surface area (Å²) < 4.78 is 6.24. The molecule has 0 aliphatic heterocycles. The van der Waals surface area contributed by atoms with Gasteiger partial charge in [-0.25, -0.2) is 0 Å². The first-order valence-electron chi connectivity index (χ1n) is 4.03. The average Bonchev–Trinajstić information content (AvgIpc) is 2.17. The topological polar surface area (TPSA) is 9.23 Å². The standard InChI is InChI=1S/C11H9BrO.Mg.2H/c1-13-11-5-3-8-6-10(12)4-2-9(8)7-11;;;/h2-7H,1H3;;;/q;+2;2*-1. The fourth-order valence-electron chi connectivity index (χ4n) is 1.32. The molecule has 0 heterocycles. The van der Waals surface area contributed by atoms with Crippen LogP contribution in [-0.4, -0.2) is 30.2 Å². The van der Waals surface area contributed by atoms with Crippen LogP contribution < -0.4 is 4.74 Å². The Hall–Kier alpha value is -0.254. The molecule has 14 heavy (non-hydrogen) atoms. The Kier molecular flexibility index (Phi) is 4.22. The molecule has 3 heteroatoms. The molecule has 0 spiro atoms. The molecule has 2 rings (SSSR count). The van der Waals surface area contributed by atoms with Gasteiger partial charge in [-0.3, -0.25) is 0 Å². The van der Waals surface area contributed by atoms with E-state index in [0.717, 1.165) is 10.2 Å². The Bertz CT molecular complexity index is 451. The van der Waals surface area contributed by atoms with E-state index in [-0.39, 0.29) is 25.9 Å². The van der Waals surface area contributed by atoms with Crippen LogP contribution in [0.4, 0.5) is 0 Å². The fraction of sp³-hybridized carbons (Fsp3) is 0.0909. The molecule has 0 atom stereocenters. The molecule has 0 fully saturated rings. The maximum absolute atomic E-state index is 5.14. The zero-order valence-electron chi connectivity index (χ0n) is 9.96. The van der Waals surface area contributed by atoms with Crippen molar-refractivity contribution in [2.45, 2.75) is 0 Å². The van der Waals surface area contributed by atoms with Gasteiger partial charge >= 0.3 is 23.1 Å². The minimum absolute atomic E-state index is 0. The minimum atomic E-state index is 0. The molecule has 0 bridgehead atoms. The average molecular weight is 263 g/mol. The fourth-order valence-corrected chi connectivity index (χ4v) is 1.70. The number of rotatable bonds is 1. The third-order valence-electron chi connectivity index (χ3n) is 2.01. The predicted octanol–water partition coefficient (Wildman–Crippen LogP) is 3.46. The molecule has 70 valence electrons. The van der Waals surface area contributed by atoms with Gasteiger partial charge in [0.25, 0.3) is 0 Å². The Morgan fingerprint density at radius 1 is 1.07 bits per heavy atom. The van der Waals surface area contributed by atoms with Crippen molar-refractivity contribution in [1.29, 1.82) is 0 Å². The van der Waals surface area contributed by atoms with E-state index in [2.05, 4.69) is 34.1 Å². The zero-order valence-corrected chi connectivity index (χ0v) is 11.0. The van der Waals surface area contributed by atoms with Crippen molar-refractivity contribution >= 4 is 49.8 Å². The summed E-state index contributed by atoms with van der Waals surface area (Å²) in [6.45, 7) is 0. The number of hydrogen-bond acceptors (Lipinski definition) is 1. The van der Waals surface area contributed by atoms with Crippen LogP contribution in [0.1, 0.15) is 2.85 Å². The first-order valence-corrected chi connectivity index (χ1v) is 4.82. The third-order valence-corrected chi connectivity index (χ3v) is 2.50. The molecule has 0 saturated carbocycles. The van der Waals surface area contributed by atoms with Gasteiger partial charge in [-0.15, -0.1) is 0 Å². The van der Waals surface area contributed by atoms with Crippen LogP contribution in [-0.2, 0) is 0 Å². The quantitative estimate of drug-likeness (QED) is 0.716. The minimum Gasteiger partial charge on any atom is -1.00 e. The first-order chi connectivity index (χ1) is 6.29. The number of ether oxygens (including phenoxy) is 1. The summed E-state index contributed by atoms with van der Waals surface area (Å²) in [5, 5.41) is 2.41. The van der Waals surface area contributed by atoms with Crippen molar-refractivity contribution in [3.8, 4) is 5.75 Å². The number of benzene rings is 2. The van der Waals surface area contributed by atoms with Gasteiger partial charge in [-0.1, -0.05) is 28.1 Å². The van der Waals surface area contributed by atoms with Gasteiger partial charge in [0.05, 0.1) is 7.11 Å². The van der Waals surface area contributed by atoms with E-state index in [1.54, 1.807) is 7.11 Å². The second-order valence-electron chi connectivity index (χ2n) is 2.86. The van der Waals surface area contributed by atoms with Crippen LogP contribution in [0, 0.1) is 0 Å². The van der Waals surface area contributed by atoms with E-state index in [4.69, 9.17) is 4.74 Å². The second-order valence-corrected chi connectivity index (χ2v) is 3.77. The Morgan fingerprint density at radius 2 is 1.71 bits per heavy atom. The summed E-state index contributed by atoms with van der Waals surface area (Å²) >= 11 is 3.44. The normalized spacial score (nSPS) is 9.57. The van der Waals surface area contributed by atoms with E-state index in [1.165, 1.54) is 10.8 Å². The van der Waals surface area contributed by atoms with Crippen LogP contribution in [0.5, 0.6) is 5.75 Å². The molecule has 0 unspecified atom stereocenters. The Morgan fingerprint density at radius 3 is 2.43 bits per heavy atom. The van der Waals surface area contributed by atoms with Crippen LogP contribution >= 0.6 is 15.9 Å². The zero-order chi connectivity index (χ0) is 9.26. The Balaban J connectivity index is 0. The summed E-state index contributed by atoms with van der Waals surface area (Å²) in [4.78, 5) is 0. The summed E-state index contributed by atoms with van der Waals surface area (Å²) in [5.41, 5.74) is 0. The summed E-state index contributed by atoms with van der Waals surface area (Å²) in [6.07, 6.45) is 0. The van der Waals surface area contributed by atoms with Crippen LogP contribution in [0.3, 0.4) is 0 Å². The van der Waals surface area contributed by atoms with Gasteiger partial charge < -0.3 is 7.59 Å². The molecular weight excluding hydrogens is 252 g/mol. The van der Waals surface area contributed by atoms with Crippen molar-refractivity contribution in [3.05, 3.63) is 40.9 Å². The van der Waals surface area contributed by atoms with Gasteiger partial charge in [-0.05, 0) is 35.0 Å². The van der Waals surface area contributed by atoms with Gasteiger partial charge in [0.2, 0.25) is 0 Å². The van der Waals surface area contributed by atoms with Crippen LogP contribution in [0.25, 0.3) is 10.8 Å². The van der Waals surface area contributed by atoms with Crippen molar-refractivity contribution in [3.63, 3.8) is 0 Å². The molecular formula is C11H11BrMgO. The van der Waals surface area contributed by atoms with Crippen LogP contribution in [0.2, 0.25) is 0 Å². The molecule has 0 radical (unpaired) electrons. The van der Waals surface area contributed by atoms with Crippen molar-refractivity contribution < 1.29 is 7.59 Å².